The van der Waals surface area contributed by atoms with Crippen molar-refractivity contribution >= 4 is 70.7 Å². The van der Waals surface area contributed by atoms with Crippen molar-refractivity contribution < 1.29 is 28.8 Å². The Balaban J connectivity index is 1.01. The Bertz CT molecular complexity index is 3040. The van der Waals surface area contributed by atoms with Crippen molar-refractivity contribution in [3.63, 3.8) is 0 Å². The van der Waals surface area contributed by atoms with Crippen LogP contribution in [0.1, 0.15) is 65.6 Å². The number of amides is 8. The molecule has 5 aromatic heterocycles. The molecule has 6 N–H and O–H groups in total. The first-order valence-electron chi connectivity index (χ1n) is 23.3. The number of carbonyl (C=O) groups excluding carboxylic acids is 6. The monoisotopic (exact) mass is 1000 g/mol. The van der Waals surface area contributed by atoms with Gasteiger partial charge >= 0.3 is 12.1 Å². The third-order valence-electron chi connectivity index (χ3n) is 13.1. The van der Waals surface area contributed by atoms with E-state index in [0.717, 1.165) is 15.4 Å². The number of likely N-dealkylation sites (N-methyl/N-ethyl adjacent to an activating group) is 2. The minimum absolute atomic E-state index is 0.123. The minimum Gasteiger partial charge on any atom is -0.384 e. The van der Waals surface area contributed by atoms with Crippen LogP contribution in [0.15, 0.2) is 85.5 Å². The molecule has 0 bridgehead atoms. The van der Waals surface area contributed by atoms with Gasteiger partial charge in [0.05, 0.1) is 35.3 Å². The molecule has 376 valence electrons. The van der Waals surface area contributed by atoms with E-state index in [9.17, 15) is 28.8 Å². The predicted octanol–water partition coefficient (Wildman–Crippen LogP) is 3.81. The molecule has 2 fully saturated rings. The average Bonchev–Trinajstić information content (AvgIpc) is 4.08. The molecule has 22 nitrogen and oxygen atoms in total. The number of imidazole rings is 1. The number of hydrogen-bond donors (Lipinski definition) is 4. The lowest BCUT2D eigenvalue weighted by Gasteiger charge is -2.45. The van der Waals surface area contributed by atoms with E-state index in [1.54, 1.807) is 115 Å². The zero-order chi connectivity index (χ0) is 51.7. The van der Waals surface area contributed by atoms with Gasteiger partial charge in [0.2, 0.25) is 17.8 Å². The maximum Gasteiger partial charge on any atom is 0.325 e. The third kappa shape index (κ3) is 10.3. The fourth-order valence-corrected chi connectivity index (χ4v) is 9.65. The first kappa shape index (κ1) is 50.3. The SMILES string of the molecule is CC[C@@H](NC(=O)N1C(=O)[C@H](Cc2cc(C)nc(N)c2)[C@H]1C(=O)N(C)c1nc(CC[C@@H](NC(=O)N2C(=O)[C@H](Cc3ccnc(N)c3)[C@H]2C(=O)N(C)c2ccn(C)n2)c2ccn(C)n2)cn1C)c1cccc(Cl)c1. The van der Waals surface area contributed by atoms with Crippen molar-refractivity contribution in [1.29, 1.82) is 0 Å². The second kappa shape index (κ2) is 20.7. The highest BCUT2D eigenvalue weighted by Gasteiger charge is 2.57. The Morgan fingerprint density at radius 2 is 1.39 bits per heavy atom. The fraction of sp³-hybridized carbons (Fsp3) is 0.367. The van der Waals surface area contributed by atoms with Gasteiger partial charge in [0.1, 0.15) is 23.7 Å². The fourth-order valence-electron chi connectivity index (χ4n) is 9.45. The summed E-state index contributed by atoms with van der Waals surface area (Å²) in [4.78, 5) is 103. The van der Waals surface area contributed by atoms with Crippen LogP contribution in [0.5, 0.6) is 0 Å². The second-order valence-corrected chi connectivity index (χ2v) is 18.7. The van der Waals surface area contributed by atoms with E-state index in [1.165, 1.54) is 30.1 Å². The number of likely N-dealkylation sites (tertiary alicyclic amines) is 2. The number of hydrogen-bond acceptors (Lipinski definition) is 13. The Morgan fingerprint density at radius 3 is 1.99 bits per heavy atom. The summed E-state index contributed by atoms with van der Waals surface area (Å²) in [6.45, 7) is 3.66. The van der Waals surface area contributed by atoms with Gasteiger partial charge in [-0.1, -0.05) is 30.7 Å². The highest BCUT2D eigenvalue weighted by atomic mass is 35.5. The lowest BCUT2D eigenvalue weighted by Crippen LogP contribution is -2.70. The first-order valence-corrected chi connectivity index (χ1v) is 23.7. The Kier molecular flexibility index (Phi) is 14.4. The number of nitrogens with zero attached hydrogens (tertiary/aromatic N) is 12. The number of urea groups is 2. The number of imide groups is 2. The van der Waals surface area contributed by atoms with Crippen molar-refractivity contribution in [3.8, 4) is 0 Å². The average molecular weight is 1000 g/mol. The molecule has 6 atom stereocenters. The Hall–Kier alpha value is -8.14. The smallest absolute Gasteiger partial charge is 0.325 e. The number of nitrogens with two attached hydrogens (primary N) is 2. The molecule has 6 aromatic rings. The molecular formula is C49H57ClN16O6. The summed E-state index contributed by atoms with van der Waals surface area (Å²) in [5, 5.41) is 15.3. The molecule has 0 radical (unpaired) electrons. The van der Waals surface area contributed by atoms with Crippen molar-refractivity contribution in [2.45, 2.75) is 70.1 Å². The van der Waals surface area contributed by atoms with Crippen LogP contribution in [0.4, 0.5) is 33.0 Å². The summed E-state index contributed by atoms with van der Waals surface area (Å²) in [7, 11) is 8.23. The van der Waals surface area contributed by atoms with Gasteiger partial charge in [0.15, 0.2) is 5.82 Å². The van der Waals surface area contributed by atoms with Crippen LogP contribution in [-0.2, 0) is 59.6 Å². The summed E-state index contributed by atoms with van der Waals surface area (Å²) >= 11 is 6.27. The van der Waals surface area contributed by atoms with E-state index in [-0.39, 0.29) is 43.3 Å². The van der Waals surface area contributed by atoms with Gasteiger partial charge in [-0.3, -0.25) is 48.1 Å². The summed E-state index contributed by atoms with van der Waals surface area (Å²) in [6, 6.07) is 12.1. The highest BCUT2D eigenvalue weighted by molar-refractivity contribution is 6.30. The first-order chi connectivity index (χ1) is 34.3. The van der Waals surface area contributed by atoms with Crippen LogP contribution >= 0.6 is 11.6 Å². The number of anilines is 4. The van der Waals surface area contributed by atoms with Gasteiger partial charge in [-0.15, -0.1) is 0 Å². The van der Waals surface area contributed by atoms with Crippen LogP contribution in [0.3, 0.4) is 0 Å². The summed E-state index contributed by atoms with van der Waals surface area (Å²) in [5.74, 6) is -2.84. The van der Waals surface area contributed by atoms with E-state index >= 15 is 0 Å². The molecule has 1 aromatic carbocycles. The third-order valence-corrected chi connectivity index (χ3v) is 13.3. The number of nitrogens with one attached hydrogen (secondary N) is 2. The molecule has 8 amide bonds. The molecule has 72 heavy (non-hydrogen) atoms. The van der Waals surface area contributed by atoms with E-state index in [2.05, 4.69) is 30.8 Å². The number of aryl methyl sites for hydroxylation is 5. The maximum atomic E-state index is 14.7. The number of nitrogen functional groups attached to an aromatic ring is 2. The Labute approximate surface area is 420 Å². The standard InChI is InChI=1S/C49H57ClN16O6/c1-8-35(30-10-9-11-31(50)25-30)56-48(71)66-42(34(44(66)68)22-29-20-27(2)54-39(52)24-29)46(70)64(7)47-55-32(26-60(47)3)12-13-36(37-15-18-61(4)58-37)57-49(72)65-41(45(69)63(6)40-16-19-62(5)59-40)33(43(65)67)21-28-14-17-53-38(51)23-28/h9-11,14-20,23-26,33-36,41-42H,8,12-13,21-22H2,1-7H3,(H2,51,53)(H2,52,54)(H,56,71)(H,57,72)/t33-,34-,35-,36-,41+,42+/m1/s1. The summed E-state index contributed by atoms with van der Waals surface area (Å²) < 4.78 is 4.78. The number of benzene rings is 1. The number of carbonyl (C=O) groups is 6. The number of rotatable bonds is 16. The van der Waals surface area contributed by atoms with Crippen LogP contribution in [0.2, 0.25) is 5.02 Å². The molecular weight excluding hydrogens is 944 g/mol. The zero-order valence-corrected chi connectivity index (χ0v) is 41.7. The molecule has 0 aliphatic carbocycles. The predicted molar refractivity (Wildman–Crippen MR) is 267 cm³/mol. The van der Waals surface area contributed by atoms with E-state index in [0.29, 0.717) is 45.5 Å². The molecule has 7 heterocycles. The minimum atomic E-state index is -1.20. The van der Waals surface area contributed by atoms with Crippen LogP contribution in [-0.4, -0.2) is 111 Å². The molecule has 23 heteroatoms. The van der Waals surface area contributed by atoms with Crippen molar-refractivity contribution in [3.05, 3.63) is 124 Å². The van der Waals surface area contributed by atoms with Gasteiger partial charge in [-0.05, 0) is 98.2 Å². The maximum absolute atomic E-state index is 14.7. The highest BCUT2D eigenvalue weighted by Crippen LogP contribution is 2.36. The molecule has 2 aliphatic heterocycles. The van der Waals surface area contributed by atoms with Crippen molar-refractivity contribution in [2.24, 2.45) is 33.0 Å². The van der Waals surface area contributed by atoms with Crippen LogP contribution < -0.4 is 31.9 Å². The van der Waals surface area contributed by atoms with Crippen LogP contribution in [0, 0.1) is 18.8 Å². The van der Waals surface area contributed by atoms with E-state index in [4.69, 9.17) is 28.1 Å². The largest absolute Gasteiger partial charge is 0.384 e. The number of β-lactam (4-membered cyclic amide) rings is 2. The van der Waals surface area contributed by atoms with E-state index in [1.807, 2.05) is 13.0 Å². The van der Waals surface area contributed by atoms with Gasteiger partial charge < -0.3 is 26.7 Å². The topological polar surface area (TPSA) is 271 Å². The quantitative estimate of drug-likeness (QED) is 0.101. The van der Waals surface area contributed by atoms with Gasteiger partial charge in [0.25, 0.3) is 11.8 Å². The van der Waals surface area contributed by atoms with E-state index < -0.39 is 71.7 Å². The van der Waals surface area contributed by atoms with Gasteiger partial charge in [-0.2, -0.15) is 10.2 Å². The molecule has 0 unspecified atom stereocenters. The van der Waals surface area contributed by atoms with Crippen LogP contribution in [0.25, 0.3) is 0 Å². The van der Waals surface area contributed by atoms with Gasteiger partial charge in [0, 0.05) is 76.8 Å². The molecule has 0 saturated carbocycles. The lowest BCUT2D eigenvalue weighted by molar-refractivity contribution is -0.156. The number of pyridine rings is 2. The molecule has 2 aliphatic rings. The normalized spacial score (nSPS) is 18.2. The zero-order valence-electron chi connectivity index (χ0n) is 40.9. The lowest BCUT2D eigenvalue weighted by atomic mass is 9.81. The summed E-state index contributed by atoms with van der Waals surface area (Å²) in [5.41, 5.74) is 15.8. The molecule has 2 saturated heterocycles. The number of halogens is 1. The Morgan fingerprint density at radius 1 is 0.764 bits per heavy atom. The van der Waals surface area contributed by atoms with Crippen molar-refractivity contribution in [1.82, 2.24) is 59.5 Å². The van der Waals surface area contributed by atoms with Gasteiger partial charge in [-0.25, -0.2) is 24.5 Å². The molecule has 8 rings (SSSR count). The number of aromatic nitrogens is 8. The summed E-state index contributed by atoms with van der Waals surface area (Å²) in [6.07, 6.45) is 7.89. The second-order valence-electron chi connectivity index (χ2n) is 18.3. The molecule has 0 spiro atoms. The van der Waals surface area contributed by atoms with Crippen molar-refractivity contribution in [2.75, 3.05) is 35.4 Å².